The number of carbonyl (C=O) groups excluding carboxylic acids is 2. The highest BCUT2D eigenvalue weighted by molar-refractivity contribution is 6.39. The molecule has 1 saturated heterocycles. The third-order valence-corrected chi connectivity index (χ3v) is 4.12. The maximum absolute atomic E-state index is 11.9. The summed E-state index contributed by atoms with van der Waals surface area (Å²) in [6.45, 7) is 4.89. The van der Waals surface area contributed by atoms with Gasteiger partial charge in [0.15, 0.2) is 0 Å². The molecule has 1 aromatic rings. The first-order chi connectivity index (χ1) is 10.6. The zero-order valence-electron chi connectivity index (χ0n) is 13.1. The Morgan fingerprint density at radius 1 is 1.36 bits per heavy atom. The second kappa shape index (κ2) is 7.79. The van der Waals surface area contributed by atoms with Gasteiger partial charge in [0, 0.05) is 24.6 Å². The van der Waals surface area contributed by atoms with E-state index < -0.39 is 11.8 Å². The number of ether oxygens (including phenoxy) is 1. The Morgan fingerprint density at radius 2 is 2.18 bits per heavy atom. The standard InChI is InChI=1S/C16H23N3O3/c1-3-19-9-5-7-13(19)11-17-15(20)16(21)18-12-6-4-8-14(10-12)22-2/h4,6,8,10,13H,3,5,7,9,11H2,1-2H3,(H,17,20)(H,18,21)/p+1/t13-/m1/s1. The van der Waals surface area contributed by atoms with Crippen LogP contribution in [0.2, 0.25) is 0 Å². The van der Waals surface area contributed by atoms with Crippen LogP contribution in [0.25, 0.3) is 0 Å². The molecule has 2 rings (SSSR count). The van der Waals surface area contributed by atoms with Gasteiger partial charge in [-0.05, 0) is 19.1 Å². The van der Waals surface area contributed by atoms with Crippen LogP contribution >= 0.6 is 0 Å². The van der Waals surface area contributed by atoms with E-state index in [9.17, 15) is 9.59 Å². The lowest BCUT2D eigenvalue weighted by molar-refractivity contribution is -0.909. The number of rotatable bonds is 5. The molecule has 1 heterocycles. The number of anilines is 1. The van der Waals surface area contributed by atoms with Crippen LogP contribution in [0, 0.1) is 0 Å². The number of methoxy groups -OCH3 is 1. The van der Waals surface area contributed by atoms with Gasteiger partial charge in [-0.15, -0.1) is 0 Å². The molecule has 1 aromatic carbocycles. The molecule has 0 bridgehead atoms. The van der Waals surface area contributed by atoms with Crippen molar-refractivity contribution in [3.63, 3.8) is 0 Å². The molecule has 2 atom stereocenters. The molecular weight excluding hydrogens is 282 g/mol. The van der Waals surface area contributed by atoms with E-state index in [2.05, 4.69) is 17.6 Å². The average Bonchev–Trinajstić information content (AvgIpc) is 3.00. The van der Waals surface area contributed by atoms with Crippen molar-refractivity contribution in [2.75, 3.05) is 32.1 Å². The van der Waals surface area contributed by atoms with Crippen LogP contribution in [0.1, 0.15) is 19.8 Å². The number of hydrogen-bond donors (Lipinski definition) is 3. The van der Waals surface area contributed by atoms with Gasteiger partial charge in [0.25, 0.3) is 0 Å². The molecule has 3 N–H and O–H groups in total. The summed E-state index contributed by atoms with van der Waals surface area (Å²) >= 11 is 0. The van der Waals surface area contributed by atoms with E-state index in [0.29, 0.717) is 24.0 Å². The van der Waals surface area contributed by atoms with E-state index in [1.807, 2.05) is 0 Å². The molecule has 2 amide bonds. The Bertz CT molecular complexity index is 533. The lowest BCUT2D eigenvalue weighted by Crippen LogP contribution is -3.14. The summed E-state index contributed by atoms with van der Waals surface area (Å²) in [5, 5.41) is 5.31. The molecule has 6 heteroatoms. The molecule has 1 fully saturated rings. The van der Waals surface area contributed by atoms with Gasteiger partial charge in [-0.2, -0.15) is 0 Å². The van der Waals surface area contributed by atoms with Crippen LogP contribution in [-0.2, 0) is 9.59 Å². The lowest BCUT2D eigenvalue weighted by Gasteiger charge is -2.19. The predicted octanol–water partition coefficient (Wildman–Crippen LogP) is -0.183. The van der Waals surface area contributed by atoms with E-state index in [1.54, 1.807) is 31.4 Å². The number of nitrogens with one attached hydrogen (secondary N) is 3. The maximum atomic E-state index is 11.9. The van der Waals surface area contributed by atoms with E-state index in [4.69, 9.17) is 4.74 Å². The van der Waals surface area contributed by atoms with Gasteiger partial charge in [0.05, 0.1) is 26.7 Å². The number of likely N-dealkylation sites (tertiary alicyclic amines) is 1. The number of amides is 2. The largest absolute Gasteiger partial charge is 0.497 e. The molecule has 22 heavy (non-hydrogen) atoms. The number of carbonyl (C=O) groups is 2. The zero-order chi connectivity index (χ0) is 15.9. The number of benzene rings is 1. The third kappa shape index (κ3) is 4.21. The molecule has 0 radical (unpaired) electrons. The highest BCUT2D eigenvalue weighted by Crippen LogP contribution is 2.16. The summed E-state index contributed by atoms with van der Waals surface area (Å²) in [5.41, 5.74) is 0.543. The molecule has 6 nitrogen and oxygen atoms in total. The van der Waals surface area contributed by atoms with Crippen molar-refractivity contribution in [2.24, 2.45) is 0 Å². The van der Waals surface area contributed by atoms with E-state index in [0.717, 1.165) is 19.5 Å². The Hall–Kier alpha value is -2.08. The van der Waals surface area contributed by atoms with Crippen molar-refractivity contribution in [3.05, 3.63) is 24.3 Å². The van der Waals surface area contributed by atoms with Crippen LogP contribution in [0.4, 0.5) is 5.69 Å². The topological polar surface area (TPSA) is 71.9 Å². The Kier molecular flexibility index (Phi) is 5.77. The summed E-state index contributed by atoms with van der Waals surface area (Å²) in [7, 11) is 1.55. The SMILES string of the molecule is CC[NH+]1CCC[C@@H]1CNC(=O)C(=O)Nc1cccc(OC)c1. The number of hydrogen-bond acceptors (Lipinski definition) is 3. The monoisotopic (exact) mass is 306 g/mol. The van der Waals surface area contributed by atoms with Crippen molar-refractivity contribution in [3.8, 4) is 5.75 Å². The molecule has 0 aliphatic carbocycles. The molecule has 0 spiro atoms. The van der Waals surface area contributed by atoms with Crippen LogP contribution in [0.15, 0.2) is 24.3 Å². The second-order valence-electron chi connectivity index (χ2n) is 5.50. The average molecular weight is 306 g/mol. The van der Waals surface area contributed by atoms with Gasteiger partial charge in [-0.3, -0.25) is 9.59 Å². The lowest BCUT2D eigenvalue weighted by atomic mass is 10.2. The van der Waals surface area contributed by atoms with Crippen molar-refractivity contribution in [2.45, 2.75) is 25.8 Å². The van der Waals surface area contributed by atoms with Gasteiger partial charge in [0.1, 0.15) is 11.8 Å². The summed E-state index contributed by atoms with van der Waals surface area (Å²) in [5.74, 6) is -0.610. The molecule has 0 aromatic heterocycles. The summed E-state index contributed by atoms with van der Waals surface area (Å²) in [6.07, 6.45) is 2.28. The summed E-state index contributed by atoms with van der Waals surface area (Å²) < 4.78 is 5.08. The van der Waals surface area contributed by atoms with Gasteiger partial charge in [0.2, 0.25) is 0 Å². The smallest absolute Gasteiger partial charge is 0.313 e. The Balaban J connectivity index is 1.83. The molecule has 0 saturated carbocycles. The molecular formula is C16H24N3O3+. The first-order valence-corrected chi connectivity index (χ1v) is 7.71. The number of likely N-dealkylation sites (N-methyl/N-ethyl adjacent to an activating group) is 1. The summed E-state index contributed by atoms with van der Waals surface area (Å²) in [6, 6.07) is 7.34. The molecule has 1 aliphatic rings. The third-order valence-electron chi connectivity index (χ3n) is 4.12. The van der Waals surface area contributed by atoms with Gasteiger partial charge in [-0.25, -0.2) is 0 Å². The maximum Gasteiger partial charge on any atom is 0.313 e. The van der Waals surface area contributed by atoms with Gasteiger partial charge < -0.3 is 20.3 Å². The Morgan fingerprint density at radius 3 is 2.91 bits per heavy atom. The first-order valence-electron chi connectivity index (χ1n) is 7.71. The highest BCUT2D eigenvalue weighted by atomic mass is 16.5. The van der Waals surface area contributed by atoms with Crippen LogP contribution in [-0.4, -0.2) is 44.6 Å². The fourth-order valence-electron chi connectivity index (χ4n) is 2.88. The first kappa shape index (κ1) is 16.3. The zero-order valence-corrected chi connectivity index (χ0v) is 13.1. The molecule has 1 aliphatic heterocycles. The van der Waals surface area contributed by atoms with Gasteiger partial charge in [-0.1, -0.05) is 6.07 Å². The minimum absolute atomic E-state index is 0.415. The molecule has 1 unspecified atom stereocenters. The van der Waals surface area contributed by atoms with E-state index >= 15 is 0 Å². The molecule has 120 valence electrons. The van der Waals surface area contributed by atoms with Crippen molar-refractivity contribution < 1.29 is 19.2 Å². The van der Waals surface area contributed by atoms with Crippen LogP contribution in [0.5, 0.6) is 5.75 Å². The van der Waals surface area contributed by atoms with E-state index in [1.165, 1.54) is 11.3 Å². The fraction of sp³-hybridized carbons (Fsp3) is 0.500. The minimum Gasteiger partial charge on any atom is -0.497 e. The van der Waals surface area contributed by atoms with Crippen LogP contribution < -0.4 is 20.3 Å². The predicted molar refractivity (Wildman–Crippen MR) is 84.0 cm³/mol. The minimum atomic E-state index is -0.649. The quantitative estimate of drug-likeness (QED) is 0.661. The second-order valence-corrected chi connectivity index (χ2v) is 5.50. The number of quaternary nitrogens is 1. The summed E-state index contributed by atoms with van der Waals surface area (Å²) in [4.78, 5) is 25.3. The van der Waals surface area contributed by atoms with Gasteiger partial charge >= 0.3 is 11.8 Å². The Labute approximate surface area is 130 Å². The van der Waals surface area contributed by atoms with Crippen molar-refractivity contribution >= 4 is 17.5 Å². The van der Waals surface area contributed by atoms with Crippen molar-refractivity contribution in [1.29, 1.82) is 0 Å². The fourth-order valence-corrected chi connectivity index (χ4v) is 2.88. The van der Waals surface area contributed by atoms with Crippen LogP contribution in [0.3, 0.4) is 0 Å². The normalized spacial score (nSPS) is 20.5. The van der Waals surface area contributed by atoms with E-state index in [-0.39, 0.29) is 0 Å². The van der Waals surface area contributed by atoms with Crippen molar-refractivity contribution in [1.82, 2.24) is 5.32 Å². The highest BCUT2D eigenvalue weighted by Gasteiger charge is 2.28.